The molecule has 0 bridgehead atoms. The van der Waals surface area contributed by atoms with E-state index in [9.17, 15) is 24.6 Å². The number of carboxylic acid groups (broad SMARTS) is 1. The summed E-state index contributed by atoms with van der Waals surface area (Å²) in [7, 11) is 0. The van der Waals surface area contributed by atoms with Crippen LogP contribution in [0.3, 0.4) is 0 Å². The highest BCUT2D eigenvalue weighted by Gasteiger charge is 2.29. The molecule has 12 heteroatoms. The zero-order valence-electron chi connectivity index (χ0n) is 17.5. The number of pyridine rings is 1. The molecular weight excluding hydrogens is 418 g/mol. The van der Waals surface area contributed by atoms with Gasteiger partial charge in [0.25, 0.3) is 0 Å². The van der Waals surface area contributed by atoms with Crippen molar-refractivity contribution in [2.45, 2.75) is 37.5 Å². The third kappa shape index (κ3) is 7.32. The van der Waals surface area contributed by atoms with Gasteiger partial charge in [-0.05, 0) is 30.5 Å². The number of aliphatic hydroxyl groups excluding tert-OH is 1. The van der Waals surface area contributed by atoms with Gasteiger partial charge in [0.05, 0.1) is 6.04 Å². The first-order valence-corrected chi connectivity index (χ1v) is 10.1. The Morgan fingerprint density at radius 3 is 2.56 bits per heavy atom. The molecule has 0 fully saturated rings. The second-order valence-corrected chi connectivity index (χ2v) is 7.44. The number of carboxylic acids is 1. The molecule has 1 aliphatic heterocycles. The van der Waals surface area contributed by atoms with E-state index in [1.807, 2.05) is 6.08 Å². The molecule has 2 amide bonds. The normalized spacial score (nSPS) is 15.9. The highest BCUT2D eigenvalue weighted by Crippen LogP contribution is 2.16. The van der Waals surface area contributed by atoms with Gasteiger partial charge < -0.3 is 37.2 Å². The lowest BCUT2D eigenvalue weighted by Gasteiger charge is -2.20. The van der Waals surface area contributed by atoms with Crippen LogP contribution in [0.15, 0.2) is 36.2 Å². The second-order valence-electron chi connectivity index (χ2n) is 7.44. The van der Waals surface area contributed by atoms with Crippen molar-refractivity contribution in [1.82, 2.24) is 20.5 Å². The first-order chi connectivity index (χ1) is 15.2. The first kappa shape index (κ1) is 24.8. The summed E-state index contributed by atoms with van der Waals surface area (Å²) < 4.78 is 0. The highest BCUT2D eigenvalue weighted by atomic mass is 16.4. The number of guanidine groups is 1. The van der Waals surface area contributed by atoms with Crippen LogP contribution in [0.25, 0.3) is 0 Å². The average Bonchev–Trinajstić information content (AvgIpc) is 3.23. The predicted molar refractivity (Wildman–Crippen MR) is 115 cm³/mol. The Labute approximate surface area is 185 Å². The van der Waals surface area contributed by atoms with Gasteiger partial charge in [-0.1, -0.05) is 11.6 Å². The van der Waals surface area contributed by atoms with Gasteiger partial charge in [-0.2, -0.15) is 0 Å². The van der Waals surface area contributed by atoms with Crippen molar-refractivity contribution in [3.8, 4) is 0 Å². The number of carbonyl (C=O) groups excluding carboxylic acids is 2. The average molecular weight is 447 g/mol. The van der Waals surface area contributed by atoms with Crippen molar-refractivity contribution >= 4 is 23.7 Å². The summed E-state index contributed by atoms with van der Waals surface area (Å²) in [6.45, 7) is 1.16. The zero-order chi connectivity index (χ0) is 23.7. The van der Waals surface area contributed by atoms with Gasteiger partial charge in [0.15, 0.2) is 12.0 Å². The molecule has 2 rings (SSSR count). The lowest BCUT2D eigenvalue weighted by atomic mass is 10.0. The molecule has 0 spiro atoms. The summed E-state index contributed by atoms with van der Waals surface area (Å²) in [5.74, 6) is -2.34. The number of amides is 2. The quantitative estimate of drug-likeness (QED) is 0.0903. The van der Waals surface area contributed by atoms with E-state index in [-0.39, 0.29) is 31.3 Å². The number of rotatable bonds is 11. The molecule has 174 valence electrons. The number of carbonyl (C=O) groups is 3. The third-order valence-electron chi connectivity index (χ3n) is 4.98. The lowest BCUT2D eigenvalue weighted by molar-refractivity contribution is -0.145. The Morgan fingerprint density at radius 2 is 1.97 bits per heavy atom. The minimum atomic E-state index is -1.51. The van der Waals surface area contributed by atoms with Crippen LogP contribution in [0.2, 0.25) is 0 Å². The summed E-state index contributed by atoms with van der Waals surface area (Å²) in [4.78, 5) is 41.2. The Balaban J connectivity index is 1.71. The van der Waals surface area contributed by atoms with Crippen LogP contribution >= 0.6 is 0 Å². The zero-order valence-corrected chi connectivity index (χ0v) is 17.5. The Hall–Kier alpha value is -3.51. The Kier molecular flexibility index (Phi) is 9.10. The van der Waals surface area contributed by atoms with E-state index in [0.717, 1.165) is 5.57 Å². The molecule has 12 nitrogen and oxygen atoms in total. The van der Waals surface area contributed by atoms with E-state index in [1.165, 1.54) is 24.5 Å². The SMILES string of the molecule is N=C(N)N1CC=C(CC(N)C(=O)NCCCC(=O)NC(C(=O)O)C(O)c2ccncc2)C1. The molecule has 1 aliphatic rings. The number of nitrogens with zero attached hydrogens (tertiary/aromatic N) is 2. The number of hydrogen-bond acceptors (Lipinski definition) is 7. The van der Waals surface area contributed by atoms with Crippen molar-refractivity contribution in [3.05, 3.63) is 41.7 Å². The molecule has 0 aliphatic carbocycles. The summed E-state index contributed by atoms with van der Waals surface area (Å²) in [5, 5.41) is 31.9. The predicted octanol–water partition coefficient (Wildman–Crippen LogP) is -1.57. The molecule has 0 aromatic carbocycles. The summed E-state index contributed by atoms with van der Waals surface area (Å²) in [6.07, 6.45) is 3.84. The van der Waals surface area contributed by atoms with Crippen molar-refractivity contribution in [3.63, 3.8) is 0 Å². The standard InChI is InChI=1S/C20H29N7O5/c21-14(10-12-5-9-27(11-12)20(22)23)18(30)25-6-1-2-15(28)26-16(19(31)32)17(29)13-3-7-24-8-4-13/h3-5,7-8,14,16-17,29H,1-2,6,9-11,21H2,(H3,22,23)(H,25,30)(H,26,28)(H,31,32). The molecule has 1 aromatic heterocycles. The van der Waals surface area contributed by atoms with Gasteiger partial charge in [0, 0.05) is 38.4 Å². The van der Waals surface area contributed by atoms with Gasteiger partial charge in [-0.3, -0.25) is 20.0 Å². The van der Waals surface area contributed by atoms with Crippen LogP contribution in [0.1, 0.15) is 30.9 Å². The van der Waals surface area contributed by atoms with Crippen molar-refractivity contribution in [1.29, 1.82) is 5.41 Å². The van der Waals surface area contributed by atoms with E-state index in [0.29, 0.717) is 25.1 Å². The van der Waals surface area contributed by atoms with Crippen LogP contribution in [-0.4, -0.2) is 75.6 Å². The number of nitrogens with two attached hydrogens (primary N) is 2. The third-order valence-corrected chi connectivity index (χ3v) is 4.98. The molecule has 0 saturated carbocycles. The summed E-state index contributed by atoms with van der Waals surface area (Å²) in [5.41, 5.74) is 12.6. The smallest absolute Gasteiger partial charge is 0.329 e. The fourth-order valence-electron chi connectivity index (χ4n) is 3.19. The maximum Gasteiger partial charge on any atom is 0.329 e. The second kappa shape index (κ2) is 11.8. The molecule has 2 heterocycles. The van der Waals surface area contributed by atoms with Crippen molar-refractivity contribution in [2.24, 2.45) is 11.5 Å². The first-order valence-electron chi connectivity index (χ1n) is 10.1. The van der Waals surface area contributed by atoms with Gasteiger partial charge in [-0.15, -0.1) is 0 Å². The van der Waals surface area contributed by atoms with Gasteiger partial charge in [0.1, 0.15) is 6.10 Å². The monoisotopic (exact) mass is 447 g/mol. The van der Waals surface area contributed by atoms with Crippen LogP contribution in [0.4, 0.5) is 0 Å². The van der Waals surface area contributed by atoms with Gasteiger partial charge in [-0.25, -0.2) is 4.79 Å². The van der Waals surface area contributed by atoms with E-state index in [2.05, 4.69) is 15.6 Å². The summed E-state index contributed by atoms with van der Waals surface area (Å²) >= 11 is 0. The van der Waals surface area contributed by atoms with Crippen LogP contribution < -0.4 is 22.1 Å². The molecule has 1 aromatic rings. The molecular formula is C20H29N7O5. The fourth-order valence-corrected chi connectivity index (χ4v) is 3.19. The number of aliphatic hydroxyl groups is 1. The number of nitrogens with one attached hydrogen (secondary N) is 3. The van der Waals surface area contributed by atoms with Gasteiger partial charge >= 0.3 is 5.97 Å². The summed E-state index contributed by atoms with van der Waals surface area (Å²) in [6, 6.07) is 0.645. The van der Waals surface area contributed by atoms with Crippen LogP contribution in [-0.2, 0) is 14.4 Å². The minimum absolute atomic E-state index is 0.0361. The van der Waals surface area contributed by atoms with Crippen LogP contribution in [0.5, 0.6) is 0 Å². The van der Waals surface area contributed by atoms with Crippen molar-refractivity contribution < 1.29 is 24.6 Å². The molecule has 3 atom stereocenters. The molecule has 9 N–H and O–H groups in total. The number of aromatic nitrogens is 1. The fraction of sp³-hybridized carbons (Fsp3) is 0.450. The van der Waals surface area contributed by atoms with E-state index in [4.69, 9.17) is 16.9 Å². The maximum absolute atomic E-state index is 12.1. The molecule has 0 radical (unpaired) electrons. The van der Waals surface area contributed by atoms with Crippen LogP contribution in [0, 0.1) is 5.41 Å². The molecule has 0 saturated heterocycles. The highest BCUT2D eigenvalue weighted by molar-refractivity contribution is 5.84. The lowest BCUT2D eigenvalue weighted by Crippen LogP contribution is -2.45. The topological polar surface area (TPSA) is 208 Å². The Morgan fingerprint density at radius 1 is 1.28 bits per heavy atom. The largest absolute Gasteiger partial charge is 0.480 e. The van der Waals surface area contributed by atoms with E-state index in [1.54, 1.807) is 4.90 Å². The van der Waals surface area contributed by atoms with Crippen molar-refractivity contribution in [2.75, 3.05) is 19.6 Å². The maximum atomic E-state index is 12.1. The number of aliphatic carboxylic acids is 1. The Bertz CT molecular complexity index is 861. The molecule has 3 unspecified atom stereocenters. The molecule has 32 heavy (non-hydrogen) atoms. The van der Waals surface area contributed by atoms with E-state index < -0.39 is 30.1 Å². The minimum Gasteiger partial charge on any atom is -0.480 e. The number of hydrogen-bond donors (Lipinski definition) is 7. The van der Waals surface area contributed by atoms with E-state index >= 15 is 0 Å². The van der Waals surface area contributed by atoms with Gasteiger partial charge in [0.2, 0.25) is 11.8 Å².